The molecule has 0 aliphatic heterocycles. The summed E-state index contributed by atoms with van der Waals surface area (Å²) in [5, 5.41) is 23.6. The van der Waals surface area contributed by atoms with Gasteiger partial charge in [-0.15, -0.1) is 0 Å². The van der Waals surface area contributed by atoms with Gasteiger partial charge < -0.3 is 70.0 Å². The second-order valence-electron chi connectivity index (χ2n) is 19.5. The van der Waals surface area contributed by atoms with Crippen LogP contribution in [0.2, 0.25) is 0 Å². The van der Waals surface area contributed by atoms with E-state index in [2.05, 4.69) is 52.8 Å². The van der Waals surface area contributed by atoms with Gasteiger partial charge in [-0.25, -0.2) is 0 Å². The van der Waals surface area contributed by atoms with Crippen molar-refractivity contribution in [3.05, 3.63) is 71.9 Å². The number of thioether (sulfide) groups is 1. The van der Waals surface area contributed by atoms with Crippen LogP contribution in [0, 0.1) is 11.8 Å². The second kappa shape index (κ2) is 31.9. The van der Waals surface area contributed by atoms with E-state index in [9.17, 15) is 57.5 Å². The maximum absolute atomic E-state index is 14.2. The fourth-order valence-corrected chi connectivity index (χ4v) is 8.50. The zero-order valence-electron chi connectivity index (χ0n) is 45.0. The number of fused-ring (bicyclic) bond motifs is 1. The lowest BCUT2D eigenvalue weighted by atomic mass is 10.0. The topological polar surface area (TPSA) is 407 Å². The van der Waals surface area contributed by atoms with Gasteiger partial charge in [0.15, 0.2) is 0 Å². The van der Waals surface area contributed by atoms with E-state index < -0.39 is 145 Å². The molecule has 26 heteroatoms. The Bertz CT molecular complexity index is 2600. The molecular weight excluding hydrogens is 1030 g/mol. The highest BCUT2D eigenvalue weighted by atomic mass is 32.2. The quantitative estimate of drug-likeness (QED) is 0.0317. The summed E-state index contributed by atoms with van der Waals surface area (Å²) in [7, 11) is 0. The first-order valence-electron chi connectivity index (χ1n) is 25.4. The molecule has 1 aromatic heterocycles. The molecule has 0 unspecified atom stereocenters. The highest BCUT2D eigenvalue weighted by Gasteiger charge is 2.34. The van der Waals surface area contributed by atoms with Crippen LogP contribution >= 0.6 is 11.8 Å². The molecule has 3 rings (SSSR count). The Morgan fingerprint density at radius 1 is 0.564 bits per heavy atom. The maximum atomic E-state index is 14.2. The smallest absolute Gasteiger partial charge is 0.243 e. The van der Waals surface area contributed by atoms with Gasteiger partial charge in [0, 0.05) is 43.3 Å². The van der Waals surface area contributed by atoms with Gasteiger partial charge in [-0.3, -0.25) is 57.5 Å². The number of hydrogen-bond donors (Lipinski definition) is 13. The molecule has 0 saturated heterocycles. The number of carbonyl (C=O) groups is 12. The third-order valence-electron chi connectivity index (χ3n) is 12.1. The van der Waals surface area contributed by atoms with Crippen molar-refractivity contribution in [1.29, 1.82) is 0 Å². The van der Waals surface area contributed by atoms with Crippen molar-refractivity contribution >= 4 is 93.6 Å². The van der Waals surface area contributed by atoms with Crippen LogP contribution in [0.15, 0.2) is 60.8 Å². The zero-order valence-corrected chi connectivity index (χ0v) is 45.8. The molecule has 8 atom stereocenters. The summed E-state index contributed by atoms with van der Waals surface area (Å²) in [5.74, 6) is -9.91. The molecule has 426 valence electrons. The molecule has 0 radical (unpaired) electrons. The SMILES string of the molecule is CSCC[C@H](NC(=O)[C@H](CC(C)C)NC(=O)[C@@H](Cc1ccccc1)NC(=O)CNC(=O)[C@@H](NC(=O)[C@H](C)NC(=O)[C@H](Cc1c[nH]c2ccccc12)NC(=O)[C@H](CCC(N)=O)NC(=O)[C@H](CC(N)=O)NC(C)=O)C(C)C)C(N)=O. The van der Waals surface area contributed by atoms with Crippen LogP contribution in [0.3, 0.4) is 0 Å². The first-order valence-corrected chi connectivity index (χ1v) is 26.8. The lowest BCUT2D eigenvalue weighted by Crippen LogP contribution is -2.60. The van der Waals surface area contributed by atoms with Crippen LogP contribution in [-0.4, -0.2) is 143 Å². The van der Waals surface area contributed by atoms with Crippen molar-refractivity contribution in [2.24, 2.45) is 29.0 Å². The molecule has 0 saturated carbocycles. The van der Waals surface area contributed by atoms with Gasteiger partial charge in [-0.1, -0.05) is 76.2 Å². The summed E-state index contributed by atoms with van der Waals surface area (Å²) < 4.78 is 0. The zero-order chi connectivity index (χ0) is 58.2. The number of H-pyrrole nitrogens is 1. The van der Waals surface area contributed by atoms with E-state index in [-0.39, 0.29) is 38.0 Å². The van der Waals surface area contributed by atoms with Gasteiger partial charge in [-0.05, 0) is 67.2 Å². The normalized spacial score (nSPS) is 14.2. The lowest BCUT2D eigenvalue weighted by Gasteiger charge is -2.27. The van der Waals surface area contributed by atoms with Crippen LogP contribution in [0.1, 0.15) is 84.8 Å². The summed E-state index contributed by atoms with van der Waals surface area (Å²) in [6.07, 6.45) is 2.35. The molecule has 0 fully saturated rings. The number of nitrogens with one attached hydrogen (secondary N) is 10. The van der Waals surface area contributed by atoms with Crippen LogP contribution in [0.5, 0.6) is 0 Å². The van der Waals surface area contributed by atoms with Gasteiger partial charge in [0.1, 0.15) is 48.3 Å². The Hall–Kier alpha value is -8.03. The Morgan fingerprint density at radius 3 is 1.73 bits per heavy atom. The number of aromatic amines is 1. The van der Waals surface area contributed by atoms with Crippen molar-refractivity contribution in [2.45, 2.75) is 135 Å². The van der Waals surface area contributed by atoms with E-state index in [1.807, 2.05) is 20.1 Å². The number of aromatic nitrogens is 1. The Kier molecular flexibility index (Phi) is 26.3. The molecule has 0 spiro atoms. The monoisotopic (exact) mass is 1110 g/mol. The molecule has 1 heterocycles. The summed E-state index contributed by atoms with van der Waals surface area (Å²) in [4.78, 5) is 161. The van der Waals surface area contributed by atoms with Gasteiger partial charge in [0.05, 0.1) is 13.0 Å². The van der Waals surface area contributed by atoms with Crippen LogP contribution in [-0.2, 0) is 70.4 Å². The van der Waals surface area contributed by atoms with E-state index >= 15 is 0 Å². The van der Waals surface area contributed by atoms with Crippen LogP contribution in [0.4, 0.5) is 0 Å². The van der Waals surface area contributed by atoms with Crippen molar-refractivity contribution in [1.82, 2.24) is 52.8 Å². The minimum Gasteiger partial charge on any atom is -0.370 e. The highest BCUT2D eigenvalue weighted by molar-refractivity contribution is 7.98. The Labute approximate surface area is 456 Å². The van der Waals surface area contributed by atoms with E-state index in [0.29, 0.717) is 27.8 Å². The van der Waals surface area contributed by atoms with Crippen molar-refractivity contribution in [2.75, 3.05) is 18.6 Å². The first kappa shape index (κ1) is 64.3. The van der Waals surface area contributed by atoms with E-state index in [1.165, 1.54) is 18.7 Å². The van der Waals surface area contributed by atoms with Gasteiger partial charge >= 0.3 is 0 Å². The van der Waals surface area contributed by atoms with Gasteiger partial charge in [0.25, 0.3) is 0 Å². The van der Waals surface area contributed by atoms with Crippen molar-refractivity contribution in [3.8, 4) is 0 Å². The number of nitrogens with two attached hydrogens (primary N) is 3. The fraction of sp³-hybridized carbons (Fsp3) is 0.500. The molecule has 78 heavy (non-hydrogen) atoms. The predicted molar refractivity (Wildman–Crippen MR) is 291 cm³/mol. The number of carbonyl (C=O) groups excluding carboxylic acids is 12. The molecule has 0 bridgehead atoms. The highest BCUT2D eigenvalue weighted by Crippen LogP contribution is 2.20. The largest absolute Gasteiger partial charge is 0.370 e. The molecule has 0 aliphatic carbocycles. The van der Waals surface area contributed by atoms with Gasteiger partial charge in [0.2, 0.25) is 70.9 Å². The van der Waals surface area contributed by atoms with E-state index in [4.69, 9.17) is 17.2 Å². The van der Waals surface area contributed by atoms with Crippen LogP contribution in [0.25, 0.3) is 10.9 Å². The van der Waals surface area contributed by atoms with Crippen molar-refractivity contribution in [3.63, 3.8) is 0 Å². The third kappa shape index (κ3) is 21.9. The second-order valence-corrected chi connectivity index (χ2v) is 20.5. The number of primary amides is 3. The molecule has 3 aromatic rings. The standard InChI is InChI=1S/C52H75N13O12S/c1-27(2)21-37(49(74)61-35(45(55)70)19-20-78-7)63-50(75)38(22-31-13-9-8-10-14-31)60-43(69)26-57-52(77)44(28(3)4)65-46(71)29(5)58-48(73)39(23-32-25-56-34-16-12-11-15-33(32)34)64-47(72)36(17-18-41(53)67)62-51(76)40(24-42(54)68)59-30(6)66/h8-16,25,27-29,35-40,44,56H,17-24,26H2,1-7H3,(H2,53,67)(H2,54,68)(H2,55,70)(H,57,77)(H,58,73)(H,59,66)(H,60,69)(H,61,74)(H,62,76)(H,63,75)(H,64,72)(H,65,71)/t29-,35-,36-,37-,38+,39-,40-,44-/m0/s1. The summed E-state index contributed by atoms with van der Waals surface area (Å²) in [6, 6.07) is 5.42. The summed E-state index contributed by atoms with van der Waals surface area (Å²) in [6.45, 7) is 8.71. The fourth-order valence-electron chi connectivity index (χ4n) is 8.03. The Morgan fingerprint density at radius 2 is 1.13 bits per heavy atom. The lowest BCUT2D eigenvalue weighted by molar-refractivity contribution is -0.135. The number of amides is 12. The summed E-state index contributed by atoms with van der Waals surface area (Å²) in [5.41, 5.74) is 18.1. The minimum atomic E-state index is -1.54. The van der Waals surface area contributed by atoms with E-state index in [1.54, 1.807) is 74.6 Å². The number of rotatable bonds is 33. The average molecular weight is 1110 g/mol. The predicted octanol–water partition coefficient (Wildman–Crippen LogP) is -1.93. The summed E-state index contributed by atoms with van der Waals surface area (Å²) >= 11 is 1.47. The number of para-hydroxylation sites is 1. The Balaban J connectivity index is 1.79. The number of benzene rings is 2. The molecule has 2 aromatic carbocycles. The molecule has 16 N–H and O–H groups in total. The average Bonchev–Trinajstić information content (AvgIpc) is 3.78. The molecular formula is C52H75N13O12S. The third-order valence-corrected chi connectivity index (χ3v) is 12.8. The number of hydrogen-bond acceptors (Lipinski definition) is 13. The molecule has 12 amide bonds. The first-order chi connectivity index (χ1) is 36.8. The maximum Gasteiger partial charge on any atom is 0.243 e. The molecule has 0 aliphatic rings. The molecule has 25 nitrogen and oxygen atoms in total. The van der Waals surface area contributed by atoms with Gasteiger partial charge in [-0.2, -0.15) is 11.8 Å². The van der Waals surface area contributed by atoms with Crippen molar-refractivity contribution < 1.29 is 57.5 Å². The van der Waals surface area contributed by atoms with E-state index in [0.717, 1.165) is 6.92 Å². The van der Waals surface area contributed by atoms with Crippen LogP contribution < -0.4 is 65.1 Å². The minimum absolute atomic E-state index is 0.00812.